The molecule has 2 heterocycles. The van der Waals surface area contributed by atoms with E-state index in [9.17, 15) is 10.1 Å². The standard InChI is InChI=1S/C17H21N5O3/c23-22(24)15-5-1-13(2-6-15)11-20-7-9-21(10-8-20)12-16-18-17(25-19-16)14-3-4-14/h1-2,5-6,14H,3-4,7-12H2. The molecule has 8 nitrogen and oxygen atoms in total. The van der Waals surface area contributed by atoms with Gasteiger partial charge in [-0.3, -0.25) is 19.9 Å². The Morgan fingerprint density at radius 1 is 1.08 bits per heavy atom. The van der Waals surface area contributed by atoms with Crippen molar-refractivity contribution < 1.29 is 9.45 Å². The number of benzene rings is 1. The number of nitro groups is 1. The molecule has 0 atom stereocenters. The second-order valence-corrected chi connectivity index (χ2v) is 6.80. The Balaban J connectivity index is 1.25. The first kappa shape index (κ1) is 16.2. The topological polar surface area (TPSA) is 88.5 Å². The number of aromatic nitrogens is 2. The average Bonchev–Trinajstić information content (AvgIpc) is 3.37. The van der Waals surface area contributed by atoms with Crippen LogP contribution < -0.4 is 0 Å². The third-order valence-electron chi connectivity index (χ3n) is 4.79. The highest BCUT2D eigenvalue weighted by Gasteiger charge is 2.30. The summed E-state index contributed by atoms with van der Waals surface area (Å²) in [5.41, 5.74) is 1.24. The molecule has 132 valence electrons. The Morgan fingerprint density at radius 2 is 1.72 bits per heavy atom. The van der Waals surface area contributed by atoms with Crippen molar-refractivity contribution in [2.45, 2.75) is 31.8 Å². The largest absolute Gasteiger partial charge is 0.339 e. The lowest BCUT2D eigenvalue weighted by Gasteiger charge is -2.34. The molecule has 1 saturated heterocycles. The Kier molecular flexibility index (Phi) is 4.46. The fourth-order valence-corrected chi connectivity index (χ4v) is 3.11. The first-order valence-electron chi connectivity index (χ1n) is 8.68. The number of nitro benzene ring substituents is 1. The van der Waals surface area contributed by atoms with Gasteiger partial charge in [0.2, 0.25) is 5.89 Å². The van der Waals surface area contributed by atoms with E-state index in [4.69, 9.17) is 4.52 Å². The van der Waals surface area contributed by atoms with Gasteiger partial charge in [0.1, 0.15) is 0 Å². The van der Waals surface area contributed by atoms with E-state index in [1.807, 2.05) is 12.1 Å². The van der Waals surface area contributed by atoms with Crippen molar-refractivity contribution in [3.63, 3.8) is 0 Å². The normalized spacial score (nSPS) is 19.2. The maximum absolute atomic E-state index is 10.7. The van der Waals surface area contributed by atoms with Crippen LogP contribution in [0, 0.1) is 10.1 Å². The summed E-state index contributed by atoms with van der Waals surface area (Å²) in [5.74, 6) is 2.08. The molecule has 0 N–H and O–H groups in total. The number of non-ortho nitro benzene ring substituents is 1. The van der Waals surface area contributed by atoms with E-state index in [0.29, 0.717) is 5.92 Å². The van der Waals surface area contributed by atoms with Gasteiger partial charge in [0.15, 0.2) is 5.82 Å². The Hall–Kier alpha value is -2.32. The molecule has 1 aromatic carbocycles. The van der Waals surface area contributed by atoms with Crippen molar-refractivity contribution in [1.29, 1.82) is 0 Å². The third kappa shape index (κ3) is 4.02. The molecule has 0 amide bonds. The van der Waals surface area contributed by atoms with Crippen LogP contribution >= 0.6 is 0 Å². The number of nitrogens with zero attached hydrogens (tertiary/aromatic N) is 5. The molecular formula is C17H21N5O3. The summed E-state index contributed by atoms with van der Waals surface area (Å²) in [6.07, 6.45) is 2.34. The van der Waals surface area contributed by atoms with Gasteiger partial charge in [-0.15, -0.1) is 0 Å². The van der Waals surface area contributed by atoms with Gasteiger partial charge >= 0.3 is 0 Å². The maximum Gasteiger partial charge on any atom is 0.269 e. The van der Waals surface area contributed by atoms with E-state index in [0.717, 1.165) is 56.5 Å². The lowest BCUT2D eigenvalue weighted by atomic mass is 10.2. The molecule has 2 aromatic rings. The second kappa shape index (κ2) is 6.89. The minimum atomic E-state index is -0.366. The van der Waals surface area contributed by atoms with E-state index in [-0.39, 0.29) is 10.6 Å². The Bertz CT molecular complexity index is 733. The Labute approximate surface area is 145 Å². The minimum Gasteiger partial charge on any atom is -0.339 e. The zero-order chi connectivity index (χ0) is 17.2. The average molecular weight is 343 g/mol. The molecule has 1 aliphatic heterocycles. The minimum absolute atomic E-state index is 0.138. The third-order valence-corrected chi connectivity index (χ3v) is 4.79. The van der Waals surface area contributed by atoms with Gasteiger partial charge in [0.25, 0.3) is 5.69 Å². The van der Waals surface area contributed by atoms with E-state index in [1.54, 1.807) is 12.1 Å². The first-order valence-corrected chi connectivity index (χ1v) is 8.68. The molecule has 8 heteroatoms. The van der Waals surface area contributed by atoms with Gasteiger partial charge in [0, 0.05) is 50.8 Å². The van der Waals surface area contributed by atoms with Crippen molar-refractivity contribution in [3.05, 3.63) is 51.7 Å². The summed E-state index contributed by atoms with van der Waals surface area (Å²) >= 11 is 0. The molecular weight excluding hydrogens is 322 g/mol. The lowest BCUT2D eigenvalue weighted by molar-refractivity contribution is -0.384. The molecule has 2 aliphatic rings. The maximum atomic E-state index is 10.7. The van der Waals surface area contributed by atoms with Crippen LogP contribution in [-0.4, -0.2) is 51.0 Å². The van der Waals surface area contributed by atoms with Crippen LogP contribution in [0.25, 0.3) is 0 Å². The summed E-state index contributed by atoms with van der Waals surface area (Å²) in [7, 11) is 0. The number of hydrogen-bond donors (Lipinski definition) is 0. The zero-order valence-electron chi connectivity index (χ0n) is 14.0. The molecule has 2 fully saturated rings. The van der Waals surface area contributed by atoms with Gasteiger partial charge < -0.3 is 4.52 Å². The van der Waals surface area contributed by atoms with Crippen molar-refractivity contribution in [3.8, 4) is 0 Å². The number of piperazine rings is 1. The van der Waals surface area contributed by atoms with Crippen LogP contribution in [-0.2, 0) is 13.1 Å². The number of rotatable bonds is 6. The predicted molar refractivity (Wildman–Crippen MR) is 89.9 cm³/mol. The summed E-state index contributed by atoms with van der Waals surface area (Å²) in [6, 6.07) is 6.81. The lowest BCUT2D eigenvalue weighted by Crippen LogP contribution is -2.45. The predicted octanol–water partition coefficient (Wildman–Crippen LogP) is 2.17. The van der Waals surface area contributed by atoms with E-state index in [2.05, 4.69) is 19.9 Å². The molecule has 1 aliphatic carbocycles. The molecule has 0 unspecified atom stereocenters. The fourth-order valence-electron chi connectivity index (χ4n) is 3.11. The summed E-state index contributed by atoms with van der Waals surface area (Å²) in [6.45, 7) is 5.40. The molecule has 1 aromatic heterocycles. The van der Waals surface area contributed by atoms with Crippen molar-refractivity contribution >= 4 is 5.69 Å². The SMILES string of the molecule is O=[N+]([O-])c1ccc(CN2CCN(Cc3noc(C4CC4)n3)CC2)cc1. The summed E-state index contributed by atoms with van der Waals surface area (Å²) in [5, 5.41) is 14.8. The smallest absolute Gasteiger partial charge is 0.269 e. The molecule has 1 saturated carbocycles. The zero-order valence-corrected chi connectivity index (χ0v) is 14.0. The highest BCUT2D eigenvalue weighted by Crippen LogP contribution is 2.38. The van der Waals surface area contributed by atoms with E-state index in [1.165, 1.54) is 12.8 Å². The van der Waals surface area contributed by atoms with Gasteiger partial charge in [-0.1, -0.05) is 17.3 Å². The molecule has 0 radical (unpaired) electrons. The van der Waals surface area contributed by atoms with Crippen LogP contribution in [0.5, 0.6) is 0 Å². The number of hydrogen-bond acceptors (Lipinski definition) is 7. The van der Waals surface area contributed by atoms with Crippen LogP contribution in [0.4, 0.5) is 5.69 Å². The Morgan fingerprint density at radius 3 is 2.32 bits per heavy atom. The molecule has 0 bridgehead atoms. The van der Waals surface area contributed by atoms with Crippen LogP contribution in [0.3, 0.4) is 0 Å². The molecule has 4 rings (SSSR count). The first-order chi connectivity index (χ1) is 12.2. The summed E-state index contributed by atoms with van der Waals surface area (Å²) < 4.78 is 5.31. The van der Waals surface area contributed by atoms with Gasteiger partial charge in [-0.2, -0.15) is 4.98 Å². The highest BCUT2D eigenvalue weighted by molar-refractivity contribution is 5.32. The van der Waals surface area contributed by atoms with Gasteiger partial charge in [-0.05, 0) is 18.4 Å². The van der Waals surface area contributed by atoms with Gasteiger partial charge in [0.05, 0.1) is 11.5 Å². The summed E-state index contributed by atoms with van der Waals surface area (Å²) in [4.78, 5) is 19.5. The van der Waals surface area contributed by atoms with Crippen molar-refractivity contribution in [2.24, 2.45) is 0 Å². The van der Waals surface area contributed by atoms with Crippen LogP contribution in [0.1, 0.15) is 36.0 Å². The van der Waals surface area contributed by atoms with Gasteiger partial charge in [-0.25, -0.2) is 0 Å². The molecule has 25 heavy (non-hydrogen) atoms. The monoisotopic (exact) mass is 343 g/mol. The molecule has 0 spiro atoms. The van der Waals surface area contributed by atoms with Crippen LogP contribution in [0.2, 0.25) is 0 Å². The van der Waals surface area contributed by atoms with Crippen molar-refractivity contribution in [2.75, 3.05) is 26.2 Å². The van der Waals surface area contributed by atoms with E-state index >= 15 is 0 Å². The van der Waals surface area contributed by atoms with Crippen molar-refractivity contribution in [1.82, 2.24) is 19.9 Å². The quantitative estimate of drug-likeness (QED) is 0.586. The van der Waals surface area contributed by atoms with E-state index < -0.39 is 0 Å². The second-order valence-electron chi connectivity index (χ2n) is 6.80. The fraction of sp³-hybridized carbons (Fsp3) is 0.529. The highest BCUT2D eigenvalue weighted by atomic mass is 16.6. The van der Waals surface area contributed by atoms with Crippen LogP contribution in [0.15, 0.2) is 28.8 Å².